The molecule has 0 spiro atoms. The number of β-lactam (4-membered cyclic amide) rings is 1. The van der Waals surface area contributed by atoms with E-state index in [1.165, 1.54) is 22.7 Å². The third kappa shape index (κ3) is 4.54. The third-order valence-electron chi connectivity index (χ3n) is 7.35. The molecule has 3 amide bonds. The van der Waals surface area contributed by atoms with Crippen molar-refractivity contribution in [2.75, 3.05) is 5.88 Å². The molecule has 5 rings (SSSR count). The van der Waals surface area contributed by atoms with E-state index in [2.05, 4.69) is 5.32 Å². The lowest BCUT2D eigenvalue weighted by Crippen LogP contribution is -2.73. The monoisotopic (exact) mass is 535 g/mol. The Morgan fingerprint density at radius 3 is 2.63 bits per heavy atom. The van der Waals surface area contributed by atoms with Gasteiger partial charge in [0.15, 0.2) is 6.10 Å². The van der Waals surface area contributed by atoms with Crippen molar-refractivity contribution in [3.05, 3.63) is 89.4 Å². The molecule has 0 saturated carbocycles. The molecular formula is C28H29N3O6S. The largest absolute Gasteiger partial charge is 0.508 e. The van der Waals surface area contributed by atoms with Gasteiger partial charge in [0.1, 0.15) is 16.7 Å². The highest BCUT2D eigenvalue weighted by atomic mass is 32.2. The van der Waals surface area contributed by atoms with Gasteiger partial charge in [0.05, 0.1) is 31.0 Å². The quantitative estimate of drug-likeness (QED) is 0.379. The van der Waals surface area contributed by atoms with Crippen LogP contribution in [0.5, 0.6) is 5.75 Å². The molecule has 0 bridgehead atoms. The van der Waals surface area contributed by atoms with E-state index in [0.29, 0.717) is 12.1 Å². The van der Waals surface area contributed by atoms with E-state index in [4.69, 9.17) is 4.42 Å². The Hall–Kier alpha value is -3.76. The molecule has 9 nitrogen and oxygen atoms in total. The maximum absolute atomic E-state index is 13.6. The van der Waals surface area contributed by atoms with Crippen LogP contribution in [0, 0.1) is 6.92 Å². The Labute approximate surface area is 224 Å². The van der Waals surface area contributed by atoms with Crippen LogP contribution in [0.25, 0.3) is 0 Å². The van der Waals surface area contributed by atoms with E-state index in [1.807, 2.05) is 37.3 Å². The molecule has 1 aromatic heterocycles. The van der Waals surface area contributed by atoms with Crippen LogP contribution in [0.15, 0.2) is 71.5 Å². The minimum Gasteiger partial charge on any atom is -0.508 e. The first-order valence-corrected chi connectivity index (χ1v) is 13.3. The molecule has 38 heavy (non-hydrogen) atoms. The second-order valence-corrected chi connectivity index (χ2v) is 11.1. The van der Waals surface area contributed by atoms with E-state index < -0.39 is 34.9 Å². The molecular weight excluding hydrogens is 506 g/mol. The number of phenolic OH excluding ortho intramolecular Hbond substituents is 1. The SMILES string of the molecule is Cc1c(O)cccc1C(=O)N[C@@H](Cc1ccccc1)[C@H](O)C(=O)N1CSC2(C)[C@H]1C(=O)N2Cc1ccoc1. The predicted molar refractivity (Wildman–Crippen MR) is 141 cm³/mol. The minimum absolute atomic E-state index is 0.0225. The Morgan fingerprint density at radius 2 is 1.92 bits per heavy atom. The smallest absolute Gasteiger partial charge is 0.255 e. The standard InChI is InChI=1S/C28H29N3O6S/c1-17-20(9-6-10-22(17)32)25(34)29-21(13-18-7-4-3-5-8-18)23(33)26(35)30-16-38-28(2)24(30)27(36)31(28)14-19-11-12-37-15-19/h3-12,15,21,23-24,32-33H,13-14,16H2,1-2H3,(H,29,34)/t21-,23-,24+,28?/m0/s1. The van der Waals surface area contributed by atoms with Crippen molar-refractivity contribution in [3.63, 3.8) is 0 Å². The van der Waals surface area contributed by atoms with Crippen LogP contribution in [-0.4, -0.2) is 66.7 Å². The average Bonchev–Trinajstić information content (AvgIpc) is 3.54. The highest BCUT2D eigenvalue weighted by Crippen LogP contribution is 2.51. The summed E-state index contributed by atoms with van der Waals surface area (Å²) in [6.45, 7) is 3.91. The number of hydrogen-bond acceptors (Lipinski definition) is 7. The summed E-state index contributed by atoms with van der Waals surface area (Å²) < 4.78 is 5.12. The number of likely N-dealkylation sites (tertiary alicyclic amines) is 1. The number of aliphatic hydroxyl groups is 1. The van der Waals surface area contributed by atoms with Gasteiger partial charge in [-0.3, -0.25) is 14.4 Å². The van der Waals surface area contributed by atoms with Crippen LogP contribution in [0.1, 0.15) is 34.0 Å². The third-order valence-corrected chi connectivity index (χ3v) is 8.79. The number of hydrogen-bond donors (Lipinski definition) is 3. The number of aliphatic hydroxyl groups excluding tert-OH is 1. The van der Waals surface area contributed by atoms with E-state index in [-0.39, 0.29) is 29.5 Å². The van der Waals surface area contributed by atoms with E-state index in [0.717, 1.165) is 11.1 Å². The first-order chi connectivity index (χ1) is 18.2. The van der Waals surface area contributed by atoms with Gasteiger partial charge in [0, 0.05) is 16.7 Å². The van der Waals surface area contributed by atoms with Crippen molar-refractivity contribution in [2.24, 2.45) is 0 Å². The molecule has 4 atom stereocenters. The van der Waals surface area contributed by atoms with Crippen LogP contribution in [0.2, 0.25) is 0 Å². The van der Waals surface area contributed by atoms with E-state index in [9.17, 15) is 24.6 Å². The van der Waals surface area contributed by atoms with Crippen molar-refractivity contribution in [1.29, 1.82) is 0 Å². The van der Waals surface area contributed by atoms with Gasteiger partial charge >= 0.3 is 0 Å². The highest BCUT2D eigenvalue weighted by molar-refractivity contribution is 8.01. The van der Waals surface area contributed by atoms with E-state index in [1.54, 1.807) is 42.5 Å². The topological polar surface area (TPSA) is 123 Å². The Balaban J connectivity index is 1.35. The number of amides is 3. The van der Waals surface area contributed by atoms with Gasteiger partial charge in [-0.25, -0.2) is 0 Å². The van der Waals surface area contributed by atoms with Crippen LogP contribution in [0.3, 0.4) is 0 Å². The number of benzene rings is 2. The number of phenols is 1. The van der Waals surface area contributed by atoms with Crippen molar-refractivity contribution in [2.45, 2.75) is 49.9 Å². The van der Waals surface area contributed by atoms with Crippen LogP contribution < -0.4 is 5.32 Å². The molecule has 2 aliphatic heterocycles. The molecule has 0 aliphatic carbocycles. The molecule has 3 heterocycles. The summed E-state index contributed by atoms with van der Waals surface area (Å²) in [5.41, 5.74) is 2.32. The number of rotatable bonds is 8. The van der Waals surface area contributed by atoms with Gasteiger partial charge in [-0.1, -0.05) is 36.4 Å². The molecule has 198 valence electrons. The van der Waals surface area contributed by atoms with Crippen molar-refractivity contribution in [3.8, 4) is 5.75 Å². The fourth-order valence-corrected chi connectivity index (χ4v) is 6.46. The van der Waals surface area contributed by atoms with Gasteiger partial charge < -0.3 is 29.7 Å². The second kappa shape index (κ2) is 10.2. The fraction of sp³-hybridized carbons (Fsp3) is 0.321. The van der Waals surface area contributed by atoms with Crippen LogP contribution in [0.4, 0.5) is 0 Å². The molecule has 2 aliphatic rings. The molecule has 2 fully saturated rings. The fourth-order valence-electron chi connectivity index (χ4n) is 5.09. The number of fused-ring (bicyclic) bond motifs is 1. The number of carbonyl (C=O) groups is 3. The van der Waals surface area contributed by atoms with Crippen molar-refractivity contribution < 1.29 is 29.0 Å². The first kappa shape index (κ1) is 25.9. The lowest BCUT2D eigenvalue weighted by Gasteiger charge is -2.52. The molecule has 2 saturated heterocycles. The Kier molecular flexibility index (Phi) is 6.93. The summed E-state index contributed by atoms with van der Waals surface area (Å²) >= 11 is 1.47. The summed E-state index contributed by atoms with van der Waals surface area (Å²) in [5, 5.41) is 24.1. The Bertz CT molecular complexity index is 1350. The zero-order chi connectivity index (χ0) is 27.0. The molecule has 1 unspecified atom stereocenters. The average molecular weight is 536 g/mol. The van der Waals surface area contributed by atoms with Gasteiger partial charge in [-0.15, -0.1) is 11.8 Å². The first-order valence-electron chi connectivity index (χ1n) is 12.3. The molecule has 10 heteroatoms. The Morgan fingerprint density at radius 1 is 1.16 bits per heavy atom. The minimum atomic E-state index is -1.59. The van der Waals surface area contributed by atoms with Crippen LogP contribution >= 0.6 is 11.8 Å². The summed E-state index contributed by atoms with van der Waals surface area (Å²) in [6, 6.07) is 14.0. The highest BCUT2D eigenvalue weighted by Gasteiger charge is 2.65. The summed E-state index contributed by atoms with van der Waals surface area (Å²) in [5.74, 6) is -1.11. The number of aromatic hydroxyl groups is 1. The number of nitrogens with zero attached hydrogens (tertiary/aromatic N) is 2. The van der Waals surface area contributed by atoms with Crippen molar-refractivity contribution in [1.82, 2.24) is 15.1 Å². The zero-order valence-corrected chi connectivity index (χ0v) is 21.9. The normalized spacial score (nSPS) is 22.0. The number of nitrogens with one attached hydrogen (secondary N) is 1. The molecule has 0 radical (unpaired) electrons. The maximum atomic E-state index is 13.6. The summed E-state index contributed by atoms with van der Waals surface area (Å²) in [6.07, 6.45) is 1.74. The summed E-state index contributed by atoms with van der Waals surface area (Å²) in [7, 11) is 0. The van der Waals surface area contributed by atoms with Gasteiger partial charge in [0.25, 0.3) is 11.8 Å². The maximum Gasteiger partial charge on any atom is 0.255 e. The number of thioether (sulfide) groups is 1. The number of furan rings is 1. The lowest BCUT2D eigenvalue weighted by atomic mass is 9.92. The predicted octanol–water partition coefficient (Wildman–Crippen LogP) is 2.66. The van der Waals surface area contributed by atoms with Gasteiger partial charge in [0.2, 0.25) is 5.91 Å². The lowest BCUT2D eigenvalue weighted by molar-refractivity contribution is -0.168. The molecule has 3 aromatic rings. The van der Waals surface area contributed by atoms with Crippen molar-refractivity contribution >= 4 is 29.5 Å². The van der Waals surface area contributed by atoms with Crippen LogP contribution in [-0.2, 0) is 22.6 Å². The van der Waals surface area contributed by atoms with Gasteiger partial charge in [-0.2, -0.15) is 0 Å². The zero-order valence-electron chi connectivity index (χ0n) is 21.0. The van der Waals surface area contributed by atoms with E-state index >= 15 is 0 Å². The van der Waals surface area contributed by atoms with Gasteiger partial charge in [-0.05, 0) is 44.0 Å². The number of carbonyl (C=O) groups excluding carboxylic acids is 3. The summed E-state index contributed by atoms with van der Waals surface area (Å²) in [4.78, 5) is 42.4. The second-order valence-electron chi connectivity index (χ2n) is 9.76. The molecule has 3 N–H and O–H groups in total. The molecule has 2 aromatic carbocycles.